The summed E-state index contributed by atoms with van der Waals surface area (Å²) in [6.45, 7) is 6.00. The number of nitrogens with zero attached hydrogens (tertiary/aromatic N) is 4. The quantitative estimate of drug-likeness (QED) is 0.0464. The molecule has 688 valence electrons. The number of hydrogen-bond donors (Lipinski definition) is 15. The van der Waals surface area contributed by atoms with Gasteiger partial charge in [0, 0.05) is 87.2 Å². The van der Waals surface area contributed by atoms with Gasteiger partial charge in [-0.15, -0.1) is 11.8 Å². The highest BCUT2D eigenvalue weighted by molar-refractivity contribution is 8.00. The largest absolute Gasteiger partial charge is 0.508 e. The minimum Gasteiger partial charge on any atom is -0.508 e. The van der Waals surface area contributed by atoms with E-state index in [9.17, 15) is 58.5 Å². The molecule has 129 heavy (non-hydrogen) atoms. The summed E-state index contributed by atoms with van der Waals surface area (Å²) in [6, 6.07) is 23.6. The maximum atomic E-state index is 15.5. The number of phenolic OH excluding ortho intramolecular Hbond substituents is 2. The van der Waals surface area contributed by atoms with E-state index in [-0.39, 0.29) is 91.7 Å². The zero-order chi connectivity index (χ0) is 93.9. The maximum absolute atomic E-state index is 15.5. The number of aromatic hydroxyl groups is 2. The molecule has 7 aromatic rings. The molecule has 2 aliphatic heterocycles. The van der Waals surface area contributed by atoms with Crippen LogP contribution in [0, 0.1) is 11.8 Å². The number of carboxylic acid groups (broad SMARTS) is 1. The Balaban J connectivity index is 1.11. The lowest BCUT2D eigenvalue weighted by molar-refractivity contribution is -0.151. The van der Waals surface area contributed by atoms with Crippen LogP contribution in [0.15, 0.2) is 158 Å². The number of rotatable bonds is 22. The molecule has 0 unspecified atom stereocenters. The van der Waals surface area contributed by atoms with Gasteiger partial charge in [-0.2, -0.15) is 0 Å². The number of carboxylic acids is 1. The summed E-state index contributed by atoms with van der Waals surface area (Å²) in [5.74, 6) is -17.9. The van der Waals surface area contributed by atoms with Gasteiger partial charge in [0.05, 0.1) is 31.0 Å². The van der Waals surface area contributed by atoms with Gasteiger partial charge >= 0.3 is 5.97 Å². The van der Waals surface area contributed by atoms with E-state index >= 15 is 33.6 Å². The number of aromatic amines is 1. The molecule has 1 saturated heterocycles. The van der Waals surface area contributed by atoms with Crippen LogP contribution in [0.25, 0.3) is 10.9 Å². The number of aliphatic carboxylic acids is 1. The van der Waals surface area contributed by atoms with Gasteiger partial charge in [0.1, 0.15) is 84.5 Å². The lowest BCUT2D eigenvalue weighted by Crippen LogP contribution is -2.61. The van der Waals surface area contributed by atoms with Crippen molar-refractivity contribution in [2.75, 3.05) is 57.2 Å². The predicted molar refractivity (Wildman–Crippen MR) is 482 cm³/mol. The highest BCUT2D eigenvalue weighted by atomic mass is 35.5. The van der Waals surface area contributed by atoms with E-state index < -0.39 is 199 Å². The minimum atomic E-state index is -1.92. The number of thioether (sulfide) groups is 1. The van der Waals surface area contributed by atoms with Gasteiger partial charge in [0.25, 0.3) is 0 Å². The number of carbonyl (C=O) groups excluding carboxylic acids is 15. The highest BCUT2D eigenvalue weighted by Gasteiger charge is 2.43. The number of nitrogens with two attached hydrogens (primary N) is 1. The molecule has 37 heteroatoms. The van der Waals surface area contributed by atoms with Crippen molar-refractivity contribution in [3.8, 4) is 11.5 Å². The number of aromatic nitrogens is 1. The molecule has 0 radical (unpaired) electrons. The summed E-state index contributed by atoms with van der Waals surface area (Å²) in [6.07, 6.45) is 0.102. The second-order valence-electron chi connectivity index (χ2n) is 33.0. The summed E-state index contributed by atoms with van der Waals surface area (Å²) in [5.41, 5.74) is 9.04. The first-order valence-electron chi connectivity index (χ1n) is 42.6. The first-order valence-corrected chi connectivity index (χ1v) is 44.1. The number of unbranched alkanes of at least 4 members (excludes halogenated alkanes) is 1. The number of aryl methyl sites for hydroxylation is 1. The first-order chi connectivity index (χ1) is 61.4. The normalized spacial score (nSPS) is 22.1. The summed E-state index contributed by atoms with van der Waals surface area (Å²) in [5, 5.41) is 58.7. The van der Waals surface area contributed by atoms with Gasteiger partial charge in [-0.3, -0.25) is 76.7 Å². The number of primary amides is 1. The number of H-pyrrole nitrogens is 1. The molecule has 11 atom stereocenters. The Morgan fingerprint density at radius 1 is 0.535 bits per heavy atom. The molecule has 16 N–H and O–H groups in total. The van der Waals surface area contributed by atoms with E-state index in [0.717, 1.165) is 26.5 Å². The predicted octanol–water partition coefficient (Wildman–Crippen LogP) is 2.92. The number of likely N-dealkylation sites (N-methyl/N-ethyl adjacent to an activating group) is 3. The van der Waals surface area contributed by atoms with Crippen molar-refractivity contribution in [1.29, 1.82) is 0 Å². The van der Waals surface area contributed by atoms with Crippen LogP contribution in [-0.4, -0.2) is 248 Å². The third kappa shape index (κ3) is 28.8. The van der Waals surface area contributed by atoms with Crippen molar-refractivity contribution in [3.05, 3.63) is 196 Å². The van der Waals surface area contributed by atoms with Crippen LogP contribution in [0.5, 0.6) is 11.5 Å². The van der Waals surface area contributed by atoms with Crippen LogP contribution in [0.3, 0.4) is 0 Å². The Hall–Kier alpha value is -13.4. The van der Waals surface area contributed by atoms with Crippen molar-refractivity contribution >= 4 is 135 Å². The zero-order valence-corrected chi connectivity index (χ0v) is 74.6. The van der Waals surface area contributed by atoms with E-state index in [1.54, 1.807) is 135 Å². The number of phenols is 2. The van der Waals surface area contributed by atoms with Crippen molar-refractivity contribution in [2.24, 2.45) is 17.6 Å². The number of nitrogens with one attached hydrogen (secondary N) is 11. The maximum Gasteiger partial charge on any atom is 0.305 e. The van der Waals surface area contributed by atoms with Crippen molar-refractivity contribution < 1.29 is 92.0 Å². The van der Waals surface area contributed by atoms with Crippen LogP contribution in [0.4, 0.5) is 5.69 Å². The summed E-state index contributed by atoms with van der Waals surface area (Å²) >= 11 is 7.53. The fraction of sp³-hybridized carbons (Fsp3) is 0.413. The number of amides is 15. The Labute approximate surface area is 756 Å². The number of anilines is 1. The fourth-order valence-corrected chi connectivity index (χ4v) is 16.3. The Morgan fingerprint density at radius 3 is 1.76 bits per heavy atom. The Kier molecular flexibility index (Phi) is 36.5. The highest BCUT2D eigenvalue weighted by Crippen LogP contribution is 2.33. The number of carbonyl (C=O) groups is 16. The fourth-order valence-electron chi connectivity index (χ4n) is 15.3. The Morgan fingerprint density at radius 2 is 1.10 bits per heavy atom. The van der Waals surface area contributed by atoms with E-state index in [1.807, 2.05) is 6.92 Å². The molecular formula is C92H113ClN16O19S. The molecule has 15 amide bonds. The van der Waals surface area contributed by atoms with Gasteiger partial charge < -0.3 is 98.8 Å². The number of hydrogen-bond acceptors (Lipinski definition) is 19. The molecule has 0 saturated carbocycles. The second kappa shape index (κ2) is 47.4. The molecular weight excluding hydrogens is 1700 g/mol. The van der Waals surface area contributed by atoms with E-state index in [1.165, 1.54) is 76.3 Å². The van der Waals surface area contributed by atoms with Gasteiger partial charge in [-0.25, -0.2) is 0 Å². The molecule has 1 fully saturated rings. The van der Waals surface area contributed by atoms with Gasteiger partial charge in [0.15, 0.2) is 0 Å². The molecule has 3 heterocycles. The van der Waals surface area contributed by atoms with Crippen molar-refractivity contribution in [2.45, 2.75) is 178 Å². The molecule has 6 aromatic carbocycles. The van der Waals surface area contributed by atoms with E-state index in [4.69, 9.17) is 17.3 Å². The molecule has 1 aromatic heterocycles. The van der Waals surface area contributed by atoms with Gasteiger partial charge in [-0.1, -0.05) is 174 Å². The van der Waals surface area contributed by atoms with Gasteiger partial charge in [0.2, 0.25) is 88.6 Å². The average molecular weight is 1810 g/mol. The number of benzene rings is 6. The zero-order valence-electron chi connectivity index (χ0n) is 73.1. The lowest BCUT2D eigenvalue weighted by Gasteiger charge is -2.37. The molecule has 9 rings (SSSR count). The third-order valence-corrected chi connectivity index (χ3v) is 23.6. The number of para-hydroxylation sites is 1. The van der Waals surface area contributed by atoms with Crippen molar-refractivity contribution in [3.63, 3.8) is 0 Å². The number of halogens is 1. The van der Waals surface area contributed by atoms with Gasteiger partial charge in [-0.05, 0) is 101 Å². The number of fused-ring (bicyclic) bond motifs is 5. The molecule has 2 bridgehead atoms. The first kappa shape index (κ1) is 99.4. The topological polar surface area (TPSA) is 509 Å². The van der Waals surface area contributed by atoms with Crippen LogP contribution in [-0.2, 0) is 115 Å². The summed E-state index contributed by atoms with van der Waals surface area (Å²) < 4.78 is 0. The monoisotopic (exact) mass is 1810 g/mol. The molecule has 2 aliphatic rings. The van der Waals surface area contributed by atoms with Crippen LogP contribution in [0.2, 0.25) is 5.02 Å². The smallest absolute Gasteiger partial charge is 0.305 e. The van der Waals surface area contributed by atoms with E-state index in [0.29, 0.717) is 57.1 Å². The minimum absolute atomic E-state index is 0.0216. The second-order valence-corrected chi connectivity index (χ2v) is 34.4. The lowest BCUT2D eigenvalue weighted by atomic mass is 9.95. The standard InChI is InChI=1S/C92H113ClN16O19S/c1-9-10-29-73-91(127)106(6)48-77(113)98-69(45-80(116)117)87(123)105-81(53(4)5)88(124)102-68(41-57-25-17-19-27-63(57)93)86(122)103-71-42-58-33-36-61(111)44-74(58)109(90(71)126)49-78(114)97-67(43-59-46-95-64-28-20-18-26-62(59)64)85(121)100-65(37-32-54-30-34-60(110)35-31-54)83(119)101-66(38-52(2)3)84(120)104-72(82(118)96-47-76(94)112)50-129-51-79(115)99-70(39-55-21-13-11-14-22-55)89(125)108(8)75(92(128)107(73)7)40-56-23-15-12-16-24-56/h11-28,30-31,33-36,44,46,52-53,65-73,75,81,95,110-111H,9-10,29,32,37-43,45,47-51H2,1-8H3,(H2,94,112)(H,96,118)(H,97,114)(H,98,113)(H,99,115)(H,100,121)(H,101,119)(H,102,124)(H,103,122)(H,104,120)(H,105,123)(H,116,117)/t65-,66-,67-,68-,69-,70-,71-,72-,73-,75-,81-/m0/s1. The average Bonchev–Trinajstić information content (AvgIpc) is 1.31. The molecule has 0 spiro atoms. The third-order valence-electron chi connectivity index (χ3n) is 22.2. The molecule has 35 nitrogen and oxygen atoms in total. The van der Waals surface area contributed by atoms with Crippen LogP contribution < -0.4 is 63.8 Å². The summed E-state index contributed by atoms with van der Waals surface area (Å²) in [4.78, 5) is 242. The SMILES string of the molecule is CCCC[C@H]1C(=O)N(C)CC(=O)N[C@@H](CC(=O)O)C(=O)N[C@@H](C(C)C)C(=O)N[C@@H](Cc2ccccc2Cl)C(=O)N[C@H]2Cc3ccc(O)cc3N(CC(=O)N[C@@H](Cc3c[nH]c4ccccc34)C(=O)N[C@@H](CCc3ccc(O)cc3)C(=O)N[C@@H](CC(C)C)C(=O)N[C@H](C(=O)NCC(N)=O)CSCC(=O)N[C@@H](Cc3ccccc3)C(=O)N(C)[C@@H](Cc3ccccc3)C(=O)N1C)C2=O. The van der Waals surface area contributed by atoms with E-state index in [2.05, 4.69) is 58.2 Å². The van der Waals surface area contributed by atoms with Crippen LogP contribution in [0.1, 0.15) is 107 Å². The summed E-state index contributed by atoms with van der Waals surface area (Å²) in [7, 11) is 3.98. The van der Waals surface area contributed by atoms with Crippen molar-refractivity contribution in [1.82, 2.24) is 72.9 Å². The van der Waals surface area contributed by atoms with Crippen LogP contribution >= 0.6 is 23.4 Å². The Bertz CT molecular complexity index is 5200. The molecule has 0 aliphatic carbocycles.